The zero-order chi connectivity index (χ0) is 24.9. The number of ether oxygens (including phenoxy) is 1. The number of aryl methyl sites for hydroxylation is 2. The number of hydrogen-bond acceptors (Lipinski definition) is 5. The van der Waals surface area contributed by atoms with Gasteiger partial charge in [-0.1, -0.05) is 36.4 Å². The van der Waals surface area contributed by atoms with Crippen molar-refractivity contribution in [2.24, 2.45) is 7.05 Å². The topological polar surface area (TPSA) is 89.4 Å². The van der Waals surface area contributed by atoms with Crippen LogP contribution >= 0.6 is 0 Å². The minimum atomic E-state index is -0.612. The zero-order valence-corrected chi connectivity index (χ0v) is 20.3. The van der Waals surface area contributed by atoms with Crippen LogP contribution in [-0.4, -0.2) is 22.0 Å². The van der Waals surface area contributed by atoms with Gasteiger partial charge in [-0.25, -0.2) is 4.79 Å². The number of carbonyl (C=O) groups excluding carboxylic acids is 2. The average Bonchev–Trinajstić information content (AvgIpc) is 2.76. The van der Waals surface area contributed by atoms with Gasteiger partial charge < -0.3 is 14.6 Å². The molecular weight excluding hydrogens is 430 g/mol. The number of nitrogens with one attached hydrogen (secondary N) is 2. The Kier molecular flexibility index (Phi) is 7.56. The summed E-state index contributed by atoms with van der Waals surface area (Å²) >= 11 is 0. The predicted molar refractivity (Wildman–Crippen MR) is 135 cm³/mol. The maximum absolute atomic E-state index is 13.0. The Bertz CT molecular complexity index is 1210. The molecule has 0 aliphatic carbocycles. The highest BCUT2D eigenvalue weighted by Crippen LogP contribution is 2.24. The maximum Gasteiger partial charge on any atom is 0.412 e. The highest BCUT2D eigenvalue weighted by atomic mass is 16.6. The Morgan fingerprint density at radius 1 is 1.03 bits per heavy atom. The second kappa shape index (κ2) is 10.4. The second-order valence-electron chi connectivity index (χ2n) is 9.27. The van der Waals surface area contributed by atoms with Crippen LogP contribution in [0.2, 0.25) is 0 Å². The van der Waals surface area contributed by atoms with Crippen LogP contribution in [0.15, 0.2) is 65.6 Å². The molecule has 0 saturated heterocycles. The standard InChI is InChI=1S/C27H31N3O4/c1-18-13-21(17-30(5)25(18)32)24(31)14-20-11-12-22(29-26(33)34-27(2,3)4)15-23(20)28-16-19-9-7-6-8-10-19/h6-13,15,17,28H,14,16H2,1-5H3,(H,29,33). The molecule has 0 spiro atoms. The van der Waals surface area contributed by atoms with Gasteiger partial charge in [0.25, 0.3) is 5.56 Å². The molecule has 178 valence electrons. The fourth-order valence-electron chi connectivity index (χ4n) is 3.49. The SMILES string of the molecule is Cc1cc(C(=O)Cc2ccc(NC(=O)OC(C)(C)C)cc2NCc2ccccc2)cn(C)c1=O. The normalized spacial score (nSPS) is 11.1. The molecule has 3 aromatic rings. The number of nitrogens with zero attached hydrogens (tertiary/aromatic N) is 1. The largest absolute Gasteiger partial charge is 0.444 e. The number of benzene rings is 2. The summed E-state index contributed by atoms with van der Waals surface area (Å²) in [5, 5.41) is 6.13. The van der Waals surface area contributed by atoms with Gasteiger partial charge >= 0.3 is 6.09 Å². The molecule has 0 aliphatic rings. The summed E-state index contributed by atoms with van der Waals surface area (Å²) in [4.78, 5) is 37.2. The van der Waals surface area contributed by atoms with Gasteiger partial charge in [-0.3, -0.25) is 14.9 Å². The van der Waals surface area contributed by atoms with Crippen LogP contribution in [0.25, 0.3) is 0 Å². The molecule has 34 heavy (non-hydrogen) atoms. The molecule has 0 atom stereocenters. The lowest BCUT2D eigenvalue weighted by Crippen LogP contribution is -2.27. The van der Waals surface area contributed by atoms with Crippen LogP contribution in [-0.2, 0) is 24.8 Å². The second-order valence-corrected chi connectivity index (χ2v) is 9.27. The Balaban J connectivity index is 1.86. The van der Waals surface area contributed by atoms with E-state index >= 15 is 0 Å². The molecule has 0 saturated carbocycles. The first kappa shape index (κ1) is 24.8. The molecule has 7 heteroatoms. The Labute approximate surface area is 199 Å². The molecular formula is C27H31N3O4. The van der Waals surface area contributed by atoms with Crippen LogP contribution in [0.5, 0.6) is 0 Å². The van der Waals surface area contributed by atoms with E-state index in [0.29, 0.717) is 23.4 Å². The number of hydrogen-bond donors (Lipinski definition) is 2. The van der Waals surface area contributed by atoms with Gasteiger partial charge in [0.2, 0.25) is 0 Å². The summed E-state index contributed by atoms with van der Waals surface area (Å²) in [6.07, 6.45) is 1.15. The number of Topliss-reactive ketones (excluding diaryl/α,β-unsaturated/α-hetero) is 1. The summed E-state index contributed by atoms with van der Waals surface area (Å²) in [7, 11) is 1.64. The Morgan fingerprint density at radius 2 is 1.74 bits per heavy atom. The molecule has 0 bridgehead atoms. The van der Waals surface area contributed by atoms with Crippen LogP contribution in [0.4, 0.5) is 16.2 Å². The smallest absolute Gasteiger partial charge is 0.412 e. The van der Waals surface area contributed by atoms with E-state index in [9.17, 15) is 14.4 Å². The molecule has 1 heterocycles. The van der Waals surface area contributed by atoms with E-state index < -0.39 is 11.7 Å². The number of ketones is 1. The quantitative estimate of drug-likeness (QED) is 0.479. The molecule has 1 aromatic heterocycles. The third kappa shape index (κ3) is 6.81. The number of aromatic nitrogens is 1. The van der Waals surface area contributed by atoms with Crippen molar-refractivity contribution in [2.75, 3.05) is 10.6 Å². The van der Waals surface area contributed by atoms with Gasteiger partial charge in [-0.15, -0.1) is 0 Å². The summed E-state index contributed by atoms with van der Waals surface area (Å²) in [5.41, 5.74) is 3.41. The maximum atomic E-state index is 13.0. The summed E-state index contributed by atoms with van der Waals surface area (Å²) < 4.78 is 6.76. The molecule has 3 rings (SSSR count). The predicted octanol–water partition coefficient (Wildman–Crippen LogP) is 5.08. The Morgan fingerprint density at radius 3 is 2.38 bits per heavy atom. The fraction of sp³-hybridized carbons (Fsp3) is 0.296. The van der Waals surface area contributed by atoms with E-state index in [1.807, 2.05) is 36.4 Å². The monoisotopic (exact) mass is 461 g/mol. The van der Waals surface area contributed by atoms with Gasteiger partial charge in [0.15, 0.2) is 5.78 Å². The third-order valence-electron chi connectivity index (χ3n) is 5.12. The van der Waals surface area contributed by atoms with Crippen LogP contribution in [0.1, 0.15) is 47.8 Å². The fourth-order valence-corrected chi connectivity index (χ4v) is 3.49. The summed E-state index contributed by atoms with van der Waals surface area (Å²) in [5.74, 6) is -0.102. The van der Waals surface area contributed by atoms with E-state index in [1.54, 1.807) is 59.1 Å². The Hall–Kier alpha value is -3.87. The van der Waals surface area contributed by atoms with E-state index in [0.717, 1.165) is 16.8 Å². The van der Waals surface area contributed by atoms with Gasteiger partial charge in [-0.2, -0.15) is 0 Å². The number of carbonyl (C=O) groups is 2. The summed E-state index contributed by atoms with van der Waals surface area (Å²) in [6.45, 7) is 7.65. The molecule has 2 N–H and O–H groups in total. The van der Waals surface area contributed by atoms with Crippen molar-refractivity contribution in [3.05, 3.63) is 93.4 Å². The minimum Gasteiger partial charge on any atom is -0.444 e. The van der Waals surface area contributed by atoms with Gasteiger partial charge in [0.05, 0.1) is 0 Å². The first-order valence-corrected chi connectivity index (χ1v) is 11.1. The van der Waals surface area contributed by atoms with Crippen molar-refractivity contribution < 1.29 is 14.3 Å². The lowest BCUT2D eigenvalue weighted by Gasteiger charge is -2.20. The zero-order valence-electron chi connectivity index (χ0n) is 20.3. The van der Waals surface area contributed by atoms with Crippen molar-refractivity contribution in [3.63, 3.8) is 0 Å². The minimum absolute atomic E-state index is 0.102. The number of pyridine rings is 1. The molecule has 0 fully saturated rings. The molecule has 0 unspecified atom stereocenters. The third-order valence-corrected chi connectivity index (χ3v) is 5.12. The average molecular weight is 462 g/mol. The summed E-state index contributed by atoms with van der Waals surface area (Å²) in [6, 6.07) is 16.9. The molecule has 1 amide bonds. The number of anilines is 2. The van der Waals surface area contributed by atoms with Crippen molar-refractivity contribution in [1.29, 1.82) is 0 Å². The first-order valence-electron chi connectivity index (χ1n) is 11.1. The highest BCUT2D eigenvalue weighted by Gasteiger charge is 2.18. The van der Waals surface area contributed by atoms with Crippen molar-refractivity contribution in [1.82, 2.24) is 4.57 Å². The van der Waals surface area contributed by atoms with Crippen molar-refractivity contribution >= 4 is 23.3 Å². The van der Waals surface area contributed by atoms with E-state index in [4.69, 9.17) is 4.74 Å². The molecule has 2 aromatic carbocycles. The van der Waals surface area contributed by atoms with E-state index in [1.165, 1.54) is 4.57 Å². The lowest BCUT2D eigenvalue weighted by atomic mass is 10.0. The molecule has 7 nitrogen and oxygen atoms in total. The van der Waals surface area contributed by atoms with E-state index in [-0.39, 0.29) is 17.8 Å². The van der Waals surface area contributed by atoms with Gasteiger partial charge in [0, 0.05) is 48.7 Å². The number of rotatable bonds is 7. The van der Waals surface area contributed by atoms with Gasteiger partial charge in [0.1, 0.15) is 5.60 Å². The van der Waals surface area contributed by atoms with E-state index in [2.05, 4.69) is 10.6 Å². The van der Waals surface area contributed by atoms with Crippen LogP contribution in [0, 0.1) is 6.92 Å². The van der Waals surface area contributed by atoms with Crippen LogP contribution in [0.3, 0.4) is 0 Å². The van der Waals surface area contributed by atoms with Crippen LogP contribution < -0.4 is 16.2 Å². The van der Waals surface area contributed by atoms with Gasteiger partial charge in [-0.05, 0) is 57.0 Å². The molecule has 0 radical (unpaired) electrons. The van der Waals surface area contributed by atoms with Crippen molar-refractivity contribution in [3.8, 4) is 0 Å². The molecule has 0 aliphatic heterocycles. The van der Waals surface area contributed by atoms with Crippen molar-refractivity contribution in [2.45, 2.75) is 46.3 Å². The number of amides is 1. The highest BCUT2D eigenvalue weighted by molar-refractivity contribution is 5.98. The lowest BCUT2D eigenvalue weighted by molar-refractivity contribution is 0.0635. The first-order chi connectivity index (χ1) is 16.0.